The van der Waals surface area contributed by atoms with Gasteiger partial charge in [-0.25, -0.2) is 4.39 Å². The molecule has 0 saturated heterocycles. The number of amides is 2. The highest BCUT2D eigenvalue weighted by Crippen LogP contribution is 2.34. The van der Waals surface area contributed by atoms with Gasteiger partial charge in [0.2, 0.25) is 0 Å². The molecule has 3 rings (SSSR count). The normalized spacial score (nSPS) is 13.7. The number of phenolic OH excluding ortho intramolecular Hbond substituents is 2. The fourth-order valence-corrected chi connectivity index (χ4v) is 2.32. The van der Waals surface area contributed by atoms with Crippen molar-refractivity contribution in [2.45, 2.75) is 6.54 Å². The van der Waals surface area contributed by atoms with E-state index in [1.165, 1.54) is 18.2 Å². The summed E-state index contributed by atoms with van der Waals surface area (Å²) in [5.41, 5.74) is -0.0707. The maximum absolute atomic E-state index is 13.6. The number of hydrogen-bond donors (Lipinski definition) is 2. The molecule has 1 aliphatic rings. The summed E-state index contributed by atoms with van der Waals surface area (Å²) in [4.78, 5) is 25.2. The average molecular weight is 287 g/mol. The first-order valence-electron chi connectivity index (χ1n) is 6.14. The number of rotatable bonds is 2. The monoisotopic (exact) mass is 287 g/mol. The summed E-state index contributed by atoms with van der Waals surface area (Å²) in [5.74, 6) is -2.71. The van der Waals surface area contributed by atoms with E-state index in [0.717, 1.165) is 17.0 Å². The Kier molecular flexibility index (Phi) is 2.86. The fraction of sp³-hybridized carbons (Fsp3) is 0.0667. The van der Waals surface area contributed by atoms with Gasteiger partial charge in [-0.2, -0.15) is 0 Å². The first-order valence-corrected chi connectivity index (χ1v) is 6.14. The van der Waals surface area contributed by atoms with E-state index in [1.807, 2.05) is 0 Å². The van der Waals surface area contributed by atoms with Crippen LogP contribution in [0, 0.1) is 5.82 Å². The van der Waals surface area contributed by atoms with Crippen LogP contribution in [0.2, 0.25) is 0 Å². The number of carbonyl (C=O) groups is 2. The van der Waals surface area contributed by atoms with Crippen LogP contribution in [0.15, 0.2) is 36.4 Å². The fourth-order valence-electron chi connectivity index (χ4n) is 2.32. The molecule has 0 atom stereocenters. The van der Waals surface area contributed by atoms with E-state index < -0.39 is 23.4 Å². The zero-order chi connectivity index (χ0) is 15.1. The van der Waals surface area contributed by atoms with Crippen molar-refractivity contribution in [2.75, 3.05) is 0 Å². The van der Waals surface area contributed by atoms with E-state index in [4.69, 9.17) is 0 Å². The van der Waals surface area contributed by atoms with Gasteiger partial charge in [-0.3, -0.25) is 14.5 Å². The Balaban J connectivity index is 2.01. The predicted molar refractivity (Wildman–Crippen MR) is 70.4 cm³/mol. The lowest BCUT2D eigenvalue weighted by Crippen LogP contribution is -2.29. The van der Waals surface area contributed by atoms with Gasteiger partial charge in [0.15, 0.2) is 0 Å². The Morgan fingerprint density at radius 1 is 1.05 bits per heavy atom. The maximum Gasteiger partial charge on any atom is 0.265 e. The number of phenols is 2. The Hall–Kier alpha value is -2.89. The summed E-state index contributed by atoms with van der Waals surface area (Å²) in [6.07, 6.45) is 0. The zero-order valence-electron chi connectivity index (χ0n) is 10.7. The number of benzene rings is 2. The number of hydrogen-bond acceptors (Lipinski definition) is 4. The van der Waals surface area contributed by atoms with Crippen LogP contribution in [0.25, 0.3) is 0 Å². The second kappa shape index (κ2) is 4.59. The standard InChI is InChI=1S/C15H10FNO4/c16-11-4-2-1-3-8(11)7-17-14(20)10-5-9(18)6-12(19)13(10)15(17)21/h1-6,18-19H,7H2. The Morgan fingerprint density at radius 2 is 1.76 bits per heavy atom. The van der Waals surface area contributed by atoms with Crippen LogP contribution in [-0.2, 0) is 6.54 Å². The molecule has 2 amide bonds. The first kappa shape index (κ1) is 13.1. The number of carbonyl (C=O) groups excluding carboxylic acids is 2. The van der Waals surface area contributed by atoms with Crippen LogP contribution in [-0.4, -0.2) is 26.9 Å². The molecule has 0 unspecified atom stereocenters. The predicted octanol–water partition coefficient (Wildman–Crippen LogP) is 2.03. The van der Waals surface area contributed by atoms with Crippen LogP contribution in [0.5, 0.6) is 11.5 Å². The lowest BCUT2D eigenvalue weighted by Gasteiger charge is -2.14. The SMILES string of the molecule is O=C1c2cc(O)cc(O)c2C(=O)N1Cc1ccccc1F. The van der Waals surface area contributed by atoms with Gasteiger partial charge >= 0.3 is 0 Å². The summed E-state index contributed by atoms with van der Waals surface area (Å²) in [6, 6.07) is 7.89. The molecule has 0 spiro atoms. The molecule has 1 aliphatic heterocycles. The highest BCUT2D eigenvalue weighted by molar-refractivity contribution is 6.22. The van der Waals surface area contributed by atoms with Crippen LogP contribution >= 0.6 is 0 Å². The third kappa shape index (κ3) is 2.01. The smallest absolute Gasteiger partial charge is 0.265 e. The molecule has 1 heterocycles. The van der Waals surface area contributed by atoms with Crippen molar-refractivity contribution in [2.24, 2.45) is 0 Å². The van der Waals surface area contributed by atoms with E-state index >= 15 is 0 Å². The molecule has 0 aliphatic carbocycles. The molecule has 0 radical (unpaired) electrons. The van der Waals surface area contributed by atoms with E-state index in [-0.39, 0.29) is 29.0 Å². The number of aromatic hydroxyl groups is 2. The van der Waals surface area contributed by atoms with Gasteiger partial charge in [-0.05, 0) is 12.1 Å². The largest absolute Gasteiger partial charge is 0.508 e. The van der Waals surface area contributed by atoms with Gasteiger partial charge < -0.3 is 10.2 Å². The average Bonchev–Trinajstić information content (AvgIpc) is 2.66. The molecule has 2 N–H and O–H groups in total. The van der Waals surface area contributed by atoms with Gasteiger partial charge in [0.05, 0.1) is 17.7 Å². The molecule has 21 heavy (non-hydrogen) atoms. The highest BCUT2D eigenvalue weighted by atomic mass is 19.1. The van der Waals surface area contributed by atoms with Gasteiger partial charge in [-0.1, -0.05) is 18.2 Å². The quantitative estimate of drug-likeness (QED) is 0.828. The van der Waals surface area contributed by atoms with Crippen molar-refractivity contribution in [1.82, 2.24) is 4.90 Å². The molecule has 0 fully saturated rings. The van der Waals surface area contributed by atoms with Crippen LogP contribution in [0.4, 0.5) is 4.39 Å². The van der Waals surface area contributed by atoms with E-state index in [0.29, 0.717) is 0 Å². The Morgan fingerprint density at radius 3 is 2.48 bits per heavy atom. The summed E-state index contributed by atoms with van der Waals surface area (Å²) in [6.45, 7) is -0.237. The van der Waals surface area contributed by atoms with Gasteiger partial charge in [0.1, 0.15) is 17.3 Å². The van der Waals surface area contributed by atoms with Crippen LogP contribution in [0.3, 0.4) is 0 Å². The van der Waals surface area contributed by atoms with E-state index in [9.17, 15) is 24.2 Å². The molecule has 2 aromatic rings. The second-order valence-electron chi connectivity index (χ2n) is 4.68. The molecular weight excluding hydrogens is 277 g/mol. The van der Waals surface area contributed by atoms with Crippen molar-refractivity contribution in [3.63, 3.8) is 0 Å². The molecule has 0 bridgehead atoms. The van der Waals surface area contributed by atoms with Crippen molar-refractivity contribution in [1.29, 1.82) is 0 Å². The minimum atomic E-state index is -0.712. The summed E-state index contributed by atoms with van der Waals surface area (Å²) < 4.78 is 13.6. The number of halogens is 1. The van der Waals surface area contributed by atoms with Crippen molar-refractivity contribution >= 4 is 11.8 Å². The first-order chi connectivity index (χ1) is 9.99. The molecule has 0 saturated carbocycles. The Labute approximate surface area is 118 Å². The van der Waals surface area contributed by atoms with E-state index in [1.54, 1.807) is 6.07 Å². The summed E-state index contributed by atoms with van der Waals surface area (Å²) in [5, 5.41) is 19.1. The number of fused-ring (bicyclic) bond motifs is 1. The molecule has 6 heteroatoms. The molecule has 5 nitrogen and oxygen atoms in total. The molecule has 106 valence electrons. The third-order valence-corrected chi connectivity index (χ3v) is 3.32. The lowest BCUT2D eigenvalue weighted by atomic mass is 10.1. The minimum absolute atomic E-state index is 0.0890. The topological polar surface area (TPSA) is 77.8 Å². The summed E-state index contributed by atoms with van der Waals surface area (Å²) in [7, 11) is 0. The van der Waals surface area contributed by atoms with Gasteiger partial charge in [-0.15, -0.1) is 0 Å². The van der Waals surface area contributed by atoms with Gasteiger partial charge in [0, 0.05) is 11.6 Å². The highest BCUT2D eigenvalue weighted by Gasteiger charge is 2.38. The number of nitrogens with zero attached hydrogens (tertiary/aromatic N) is 1. The van der Waals surface area contributed by atoms with Gasteiger partial charge in [0.25, 0.3) is 11.8 Å². The van der Waals surface area contributed by atoms with Crippen molar-refractivity contribution in [3.8, 4) is 11.5 Å². The van der Waals surface area contributed by atoms with Crippen molar-refractivity contribution < 1.29 is 24.2 Å². The second-order valence-corrected chi connectivity index (χ2v) is 4.68. The van der Waals surface area contributed by atoms with Crippen molar-refractivity contribution in [3.05, 3.63) is 58.9 Å². The molecular formula is C15H10FNO4. The Bertz CT molecular complexity index is 772. The van der Waals surface area contributed by atoms with Crippen LogP contribution in [0.1, 0.15) is 26.3 Å². The lowest BCUT2D eigenvalue weighted by molar-refractivity contribution is 0.0640. The molecule has 2 aromatic carbocycles. The van der Waals surface area contributed by atoms with Crippen LogP contribution < -0.4 is 0 Å². The summed E-state index contributed by atoms with van der Waals surface area (Å²) >= 11 is 0. The third-order valence-electron chi connectivity index (χ3n) is 3.32. The minimum Gasteiger partial charge on any atom is -0.508 e. The van der Waals surface area contributed by atoms with E-state index in [2.05, 4.69) is 0 Å². The maximum atomic E-state index is 13.6. The number of imide groups is 1. The molecule has 0 aromatic heterocycles. The zero-order valence-corrected chi connectivity index (χ0v) is 10.7.